The number of halogens is 1. The van der Waals surface area contributed by atoms with E-state index in [4.69, 9.17) is 11.6 Å². The lowest BCUT2D eigenvalue weighted by molar-refractivity contribution is -0.384. The second-order valence-electron chi connectivity index (χ2n) is 2.65. The van der Waals surface area contributed by atoms with Crippen LogP contribution in [0.5, 0.6) is 0 Å². The summed E-state index contributed by atoms with van der Waals surface area (Å²) >= 11 is 5.81. The van der Waals surface area contributed by atoms with Crippen molar-refractivity contribution in [2.45, 2.75) is 0 Å². The predicted octanol–water partition coefficient (Wildman–Crippen LogP) is 2.19. The molecule has 0 amide bonds. The van der Waals surface area contributed by atoms with Crippen LogP contribution in [0.4, 0.5) is 5.69 Å². The Morgan fingerprint density at radius 1 is 1.43 bits per heavy atom. The van der Waals surface area contributed by atoms with Crippen molar-refractivity contribution in [1.82, 2.24) is 10.2 Å². The molecule has 0 bridgehead atoms. The normalized spacial score (nSPS) is 10.4. The van der Waals surface area contributed by atoms with Crippen molar-refractivity contribution >= 4 is 28.2 Å². The zero-order valence-corrected chi connectivity index (χ0v) is 7.60. The number of hydrogen-bond acceptors (Lipinski definition) is 4. The van der Waals surface area contributed by atoms with Gasteiger partial charge < -0.3 is 0 Å². The molecule has 14 heavy (non-hydrogen) atoms. The molecule has 70 valence electrons. The van der Waals surface area contributed by atoms with Crippen LogP contribution in [0.25, 0.3) is 10.9 Å². The zero-order valence-electron chi connectivity index (χ0n) is 6.85. The molecule has 6 heteroatoms. The maximum Gasteiger partial charge on any atom is 0.270 e. The monoisotopic (exact) mass is 209 g/mol. The quantitative estimate of drug-likeness (QED) is 0.533. The summed E-state index contributed by atoms with van der Waals surface area (Å²) in [5.41, 5.74) is 0.538. The summed E-state index contributed by atoms with van der Waals surface area (Å²) in [5, 5.41) is 18.8. The number of aromatic nitrogens is 2. The average molecular weight is 210 g/mol. The first-order valence-electron chi connectivity index (χ1n) is 3.74. The molecular formula is C8H4ClN3O2. The van der Waals surface area contributed by atoms with E-state index in [1.807, 2.05) is 0 Å². The minimum Gasteiger partial charge on any atom is -0.258 e. The third-order valence-electron chi connectivity index (χ3n) is 1.78. The summed E-state index contributed by atoms with van der Waals surface area (Å²) in [6.45, 7) is 0. The molecule has 0 spiro atoms. The fourth-order valence-corrected chi connectivity index (χ4v) is 1.32. The van der Waals surface area contributed by atoms with Crippen LogP contribution in [0.1, 0.15) is 0 Å². The number of fused-ring (bicyclic) bond motifs is 1. The van der Waals surface area contributed by atoms with E-state index in [2.05, 4.69) is 10.2 Å². The number of benzene rings is 1. The Kier molecular flexibility index (Phi) is 2.01. The molecule has 0 radical (unpaired) electrons. The number of nitro benzene ring substituents is 1. The van der Waals surface area contributed by atoms with Crippen LogP contribution in [0, 0.1) is 10.1 Å². The van der Waals surface area contributed by atoms with E-state index in [0.717, 1.165) is 0 Å². The zero-order chi connectivity index (χ0) is 10.1. The van der Waals surface area contributed by atoms with Crippen LogP contribution < -0.4 is 0 Å². The van der Waals surface area contributed by atoms with E-state index in [1.165, 1.54) is 24.4 Å². The van der Waals surface area contributed by atoms with Crippen molar-refractivity contribution in [3.05, 3.63) is 39.5 Å². The first kappa shape index (κ1) is 8.83. The highest BCUT2D eigenvalue weighted by atomic mass is 35.5. The third kappa shape index (κ3) is 1.38. The lowest BCUT2D eigenvalue weighted by Crippen LogP contribution is -1.89. The Hall–Kier alpha value is -1.75. The molecule has 0 fully saturated rings. The SMILES string of the molecule is O=[N+]([O-])c1ccc2nncc(Cl)c2c1. The second-order valence-corrected chi connectivity index (χ2v) is 3.06. The highest BCUT2D eigenvalue weighted by molar-refractivity contribution is 6.35. The van der Waals surface area contributed by atoms with Crippen LogP contribution in [0.15, 0.2) is 24.4 Å². The Morgan fingerprint density at radius 3 is 2.93 bits per heavy atom. The van der Waals surface area contributed by atoms with Gasteiger partial charge in [0.1, 0.15) is 0 Å². The predicted molar refractivity (Wildman–Crippen MR) is 51.2 cm³/mol. The average Bonchev–Trinajstić information content (AvgIpc) is 2.18. The molecule has 0 unspecified atom stereocenters. The lowest BCUT2D eigenvalue weighted by atomic mass is 10.2. The van der Waals surface area contributed by atoms with E-state index in [9.17, 15) is 10.1 Å². The standard InChI is InChI=1S/C8H4ClN3O2/c9-7-4-10-11-8-2-1-5(12(13)14)3-6(7)8/h1-4H. The molecule has 5 nitrogen and oxygen atoms in total. The molecule has 0 saturated heterocycles. The molecule has 0 aliphatic heterocycles. The molecule has 1 aromatic carbocycles. The molecule has 2 rings (SSSR count). The van der Waals surface area contributed by atoms with Gasteiger partial charge in [-0.25, -0.2) is 0 Å². The number of non-ortho nitro benzene ring substituents is 1. The van der Waals surface area contributed by atoms with E-state index in [0.29, 0.717) is 15.9 Å². The Balaban J connectivity index is 2.76. The summed E-state index contributed by atoms with van der Waals surface area (Å²) in [5.74, 6) is 0. The molecule has 0 aliphatic rings. The first-order valence-corrected chi connectivity index (χ1v) is 4.11. The summed E-state index contributed by atoms with van der Waals surface area (Å²) in [7, 11) is 0. The minimum atomic E-state index is -0.476. The van der Waals surface area contributed by atoms with Crippen molar-refractivity contribution < 1.29 is 4.92 Å². The van der Waals surface area contributed by atoms with Crippen LogP contribution in [0.3, 0.4) is 0 Å². The van der Waals surface area contributed by atoms with Gasteiger partial charge >= 0.3 is 0 Å². The Labute approximate surface area is 83.5 Å². The topological polar surface area (TPSA) is 68.9 Å². The molecule has 1 heterocycles. The van der Waals surface area contributed by atoms with Gasteiger partial charge in [-0.3, -0.25) is 10.1 Å². The van der Waals surface area contributed by atoms with Gasteiger partial charge in [0.15, 0.2) is 0 Å². The van der Waals surface area contributed by atoms with E-state index >= 15 is 0 Å². The highest BCUT2D eigenvalue weighted by Gasteiger charge is 2.08. The van der Waals surface area contributed by atoms with Crippen molar-refractivity contribution in [3.8, 4) is 0 Å². The van der Waals surface area contributed by atoms with Gasteiger partial charge in [0.25, 0.3) is 5.69 Å². The molecule has 0 N–H and O–H groups in total. The number of nitrogens with zero attached hydrogens (tertiary/aromatic N) is 3. The van der Waals surface area contributed by atoms with Gasteiger partial charge in [-0.15, -0.1) is 0 Å². The summed E-state index contributed by atoms with van der Waals surface area (Å²) in [4.78, 5) is 10.0. The summed E-state index contributed by atoms with van der Waals surface area (Å²) < 4.78 is 0. The number of hydrogen-bond donors (Lipinski definition) is 0. The molecule has 0 atom stereocenters. The van der Waals surface area contributed by atoms with Crippen molar-refractivity contribution in [3.63, 3.8) is 0 Å². The van der Waals surface area contributed by atoms with E-state index in [-0.39, 0.29) is 5.69 Å². The first-order chi connectivity index (χ1) is 6.68. The fourth-order valence-electron chi connectivity index (χ4n) is 1.13. The Bertz CT molecular complexity index is 515. The third-order valence-corrected chi connectivity index (χ3v) is 2.09. The van der Waals surface area contributed by atoms with Gasteiger partial charge in [-0.1, -0.05) is 11.6 Å². The van der Waals surface area contributed by atoms with E-state index in [1.54, 1.807) is 0 Å². The highest BCUT2D eigenvalue weighted by Crippen LogP contribution is 2.24. The van der Waals surface area contributed by atoms with Gasteiger partial charge in [0, 0.05) is 17.5 Å². The van der Waals surface area contributed by atoms with E-state index < -0.39 is 4.92 Å². The number of nitro groups is 1. The lowest BCUT2D eigenvalue weighted by Gasteiger charge is -1.97. The molecule has 1 aromatic heterocycles. The van der Waals surface area contributed by atoms with Crippen LogP contribution in [0.2, 0.25) is 5.02 Å². The fraction of sp³-hybridized carbons (Fsp3) is 0. The summed E-state index contributed by atoms with van der Waals surface area (Å²) in [6.07, 6.45) is 1.35. The van der Waals surface area contributed by atoms with Crippen molar-refractivity contribution in [2.24, 2.45) is 0 Å². The maximum absolute atomic E-state index is 10.5. The smallest absolute Gasteiger partial charge is 0.258 e. The largest absolute Gasteiger partial charge is 0.270 e. The minimum absolute atomic E-state index is 0.00704. The Morgan fingerprint density at radius 2 is 2.21 bits per heavy atom. The molecule has 0 saturated carbocycles. The molecular weight excluding hydrogens is 206 g/mol. The van der Waals surface area contributed by atoms with Gasteiger partial charge in [-0.2, -0.15) is 10.2 Å². The van der Waals surface area contributed by atoms with Gasteiger partial charge in [-0.05, 0) is 6.07 Å². The number of rotatable bonds is 1. The maximum atomic E-state index is 10.5. The van der Waals surface area contributed by atoms with Crippen LogP contribution in [-0.2, 0) is 0 Å². The molecule has 2 aromatic rings. The van der Waals surface area contributed by atoms with Gasteiger partial charge in [0.05, 0.1) is 21.7 Å². The van der Waals surface area contributed by atoms with Crippen LogP contribution >= 0.6 is 11.6 Å². The van der Waals surface area contributed by atoms with Crippen LogP contribution in [-0.4, -0.2) is 15.1 Å². The van der Waals surface area contributed by atoms with Crippen molar-refractivity contribution in [1.29, 1.82) is 0 Å². The second kappa shape index (κ2) is 3.19. The summed E-state index contributed by atoms with van der Waals surface area (Å²) in [6, 6.07) is 4.27. The van der Waals surface area contributed by atoms with Gasteiger partial charge in [0.2, 0.25) is 0 Å². The molecule has 0 aliphatic carbocycles. The van der Waals surface area contributed by atoms with Crippen molar-refractivity contribution in [2.75, 3.05) is 0 Å².